The molecule has 1 aromatic carbocycles. The third kappa shape index (κ3) is 2.47. The number of carbonyl (C=O) groups is 1. The molecule has 0 aliphatic carbocycles. The van der Waals surface area contributed by atoms with Gasteiger partial charge in [-0.05, 0) is 17.7 Å². The van der Waals surface area contributed by atoms with Crippen molar-refractivity contribution >= 4 is 11.6 Å². The normalized spacial score (nSPS) is 9.64. The molecule has 0 unspecified atom stereocenters. The molecule has 1 rings (SSSR count). The van der Waals surface area contributed by atoms with E-state index in [0.29, 0.717) is 18.0 Å². The molecule has 0 heterocycles. The van der Waals surface area contributed by atoms with Gasteiger partial charge in [0.05, 0.1) is 12.8 Å². The molecule has 0 radical (unpaired) electrons. The number of nitrogens with one attached hydrogen (secondary N) is 1. The lowest BCUT2D eigenvalue weighted by Gasteiger charge is -2.09. The van der Waals surface area contributed by atoms with E-state index in [0.717, 1.165) is 5.56 Å². The fourth-order valence-electron chi connectivity index (χ4n) is 1.16. The van der Waals surface area contributed by atoms with Crippen LogP contribution < -0.4 is 15.8 Å². The van der Waals surface area contributed by atoms with Crippen LogP contribution >= 0.6 is 0 Å². The summed E-state index contributed by atoms with van der Waals surface area (Å²) in [7, 11) is 1.56. The van der Waals surface area contributed by atoms with E-state index in [9.17, 15) is 4.79 Å². The van der Waals surface area contributed by atoms with Crippen molar-refractivity contribution in [3.05, 3.63) is 23.8 Å². The number of nitrogens with two attached hydrogens (primary N) is 1. The highest BCUT2D eigenvalue weighted by Gasteiger charge is 2.04. The number of methoxy groups -OCH3 is 1. The average Bonchev–Trinajstić information content (AvgIpc) is 2.17. The molecule has 0 aromatic heterocycles. The van der Waals surface area contributed by atoms with Gasteiger partial charge in [-0.1, -0.05) is 6.07 Å². The molecule has 1 aromatic rings. The molecule has 0 spiro atoms. The summed E-state index contributed by atoms with van der Waals surface area (Å²) in [6, 6.07) is 5.45. The fraction of sp³-hybridized carbons (Fsp3) is 0.300. The maximum atomic E-state index is 10.8. The van der Waals surface area contributed by atoms with Crippen LogP contribution in [-0.4, -0.2) is 13.0 Å². The van der Waals surface area contributed by atoms with Crippen molar-refractivity contribution in [1.82, 2.24) is 0 Å². The Labute approximate surface area is 83.1 Å². The van der Waals surface area contributed by atoms with Crippen molar-refractivity contribution in [2.75, 3.05) is 12.4 Å². The lowest BCUT2D eigenvalue weighted by molar-refractivity contribution is -0.114. The monoisotopic (exact) mass is 194 g/mol. The van der Waals surface area contributed by atoms with Crippen LogP contribution in [0.15, 0.2) is 18.2 Å². The maximum Gasteiger partial charge on any atom is 0.221 e. The fourth-order valence-corrected chi connectivity index (χ4v) is 1.16. The Morgan fingerprint density at radius 2 is 2.29 bits per heavy atom. The van der Waals surface area contributed by atoms with Gasteiger partial charge in [0.2, 0.25) is 5.91 Å². The van der Waals surface area contributed by atoms with E-state index >= 15 is 0 Å². The molecule has 0 saturated heterocycles. The number of ether oxygens (including phenoxy) is 1. The summed E-state index contributed by atoms with van der Waals surface area (Å²) in [5.74, 6) is 0.506. The number of hydrogen-bond donors (Lipinski definition) is 2. The third-order valence-corrected chi connectivity index (χ3v) is 1.81. The topological polar surface area (TPSA) is 64.3 Å². The molecule has 4 nitrogen and oxygen atoms in total. The van der Waals surface area contributed by atoms with Crippen LogP contribution in [0.2, 0.25) is 0 Å². The van der Waals surface area contributed by atoms with Gasteiger partial charge in [0.1, 0.15) is 5.75 Å². The molecule has 0 fully saturated rings. The molecular formula is C10H14N2O2. The Bertz CT molecular complexity index is 337. The van der Waals surface area contributed by atoms with Gasteiger partial charge in [-0.3, -0.25) is 4.79 Å². The van der Waals surface area contributed by atoms with Crippen molar-refractivity contribution < 1.29 is 9.53 Å². The smallest absolute Gasteiger partial charge is 0.221 e. The lowest BCUT2D eigenvalue weighted by Crippen LogP contribution is -2.07. The summed E-state index contributed by atoms with van der Waals surface area (Å²) in [5.41, 5.74) is 7.11. The molecule has 1 amide bonds. The van der Waals surface area contributed by atoms with E-state index in [4.69, 9.17) is 10.5 Å². The van der Waals surface area contributed by atoms with Gasteiger partial charge in [0.15, 0.2) is 0 Å². The number of carbonyl (C=O) groups excluding carboxylic acids is 1. The quantitative estimate of drug-likeness (QED) is 0.757. The van der Waals surface area contributed by atoms with Crippen LogP contribution in [0.5, 0.6) is 5.75 Å². The van der Waals surface area contributed by atoms with Gasteiger partial charge >= 0.3 is 0 Å². The van der Waals surface area contributed by atoms with Crippen molar-refractivity contribution in [1.29, 1.82) is 0 Å². The zero-order valence-electron chi connectivity index (χ0n) is 8.33. The minimum Gasteiger partial charge on any atom is -0.495 e. The first-order chi connectivity index (χ1) is 6.67. The predicted octanol–water partition coefficient (Wildman–Crippen LogP) is 1.11. The second-order valence-electron chi connectivity index (χ2n) is 2.92. The van der Waals surface area contributed by atoms with Crippen LogP contribution in [0.1, 0.15) is 12.5 Å². The predicted molar refractivity (Wildman–Crippen MR) is 55.2 cm³/mol. The minimum absolute atomic E-state index is 0.121. The Hall–Kier alpha value is -1.55. The van der Waals surface area contributed by atoms with Crippen molar-refractivity contribution in [2.45, 2.75) is 13.5 Å². The van der Waals surface area contributed by atoms with Crippen molar-refractivity contribution in [2.24, 2.45) is 5.73 Å². The van der Waals surface area contributed by atoms with Crippen LogP contribution in [0.4, 0.5) is 5.69 Å². The van der Waals surface area contributed by atoms with Crippen LogP contribution in [-0.2, 0) is 11.3 Å². The SMILES string of the molecule is COc1cc(CN)ccc1NC(C)=O. The summed E-state index contributed by atoms with van der Waals surface area (Å²) in [6.07, 6.45) is 0. The molecule has 0 atom stereocenters. The van der Waals surface area contributed by atoms with E-state index in [-0.39, 0.29) is 5.91 Å². The third-order valence-electron chi connectivity index (χ3n) is 1.81. The molecule has 4 heteroatoms. The lowest BCUT2D eigenvalue weighted by atomic mass is 10.2. The van der Waals surface area contributed by atoms with Crippen molar-refractivity contribution in [3.63, 3.8) is 0 Å². The number of amides is 1. The summed E-state index contributed by atoms with van der Waals surface area (Å²) >= 11 is 0. The van der Waals surface area contributed by atoms with Crippen molar-refractivity contribution in [3.8, 4) is 5.75 Å². The van der Waals surface area contributed by atoms with Gasteiger partial charge in [-0.15, -0.1) is 0 Å². The molecule has 0 bridgehead atoms. The second kappa shape index (κ2) is 4.62. The maximum absolute atomic E-state index is 10.8. The van der Waals surface area contributed by atoms with Crippen LogP contribution in [0, 0.1) is 0 Å². The first-order valence-electron chi connectivity index (χ1n) is 4.32. The summed E-state index contributed by atoms with van der Waals surface area (Å²) in [4.78, 5) is 10.8. The van der Waals surface area contributed by atoms with E-state index in [1.165, 1.54) is 6.92 Å². The Morgan fingerprint density at radius 3 is 2.79 bits per heavy atom. The molecule has 3 N–H and O–H groups in total. The largest absolute Gasteiger partial charge is 0.495 e. The van der Waals surface area contributed by atoms with E-state index in [1.54, 1.807) is 13.2 Å². The number of rotatable bonds is 3. The van der Waals surface area contributed by atoms with E-state index in [2.05, 4.69) is 5.32 Å². The number of benzene rings is 1. The van der Waals surface area contributed by atoms with Gasteiger partial charge < -0.3 is 15.8 Å². The first-order valence-corrected chi connectivity index (χ1v) is 4.32. The Balaban J connectivity index is 2.98. The summed E-state index contributed by atoms with van der Waals surface area (Å²) in [6.45, 7) is 1.91. The number of anilines is 1. The molecule has 14 heavy (non-hydrogen) atoms. The van der Waals surface area contributed by atoms with Crippen LogP contribution in [0.25, 0.3) is 0 Å². The van der Waals surface area contributed by atoms with E-state index in [1.807, 2.05) is 12.1 Å². The summed E-state index contributed by atoms with van der Waals surface area (Å²) < 4.78 is 5.12. The van der Waals surface area contributed by atoms with E-state index < -0.39 is 0 Å². The standard InChI is InChI=1S/C10H14N2O2/c1-7(13)12-9-4-3-8(6-11)5-10(9)14-2/h3-5H,6,11H2,1-2H3,(H,12,13). The van der Waals surface area contributed by atoms with Gasteiger partial charge in [0, 0.05) is 13.5 Å². The zero-order valence-corrected chi connectivity index (χ0v) is 8.33. The van der Waals surface area contributed by atoms with Gasteiger partial charge in [0.25, 0.3) is 0 Å². The first kappa shape index (κ1) is 10.5. The highest BCUT2D eigenvalue weighted by atomic mass is 16.5. The molecule has 0 saturated carbocycles. The Kier molecular flexibility index (Phi) is 3.48. The van der Waals surface area contributed by atoms with Gasteiger partial charge in [-0.2, -0.15) is 0 Å². The highest BCUT2D eigenvalue weighted by molar-refractivity contribution is 5.90. The molecular weight excluding hydrogens is 180 g/mol. The molecule has 76 valence electrons. The zero-order chi connectivity index (χ0) is 10.6. The Morgan fingerprint density at radius 1 is 1.57 bits per heavy atom. The summed E-state index contributed by atoms with van der Waals surface area (Å²) in [5, 5.41) is 2.67. The van der Waals surface area contributed by atoms with Crippen LogP contribution in [0.3, 0.4) is 0 Å². The second-order valence-corrected chi connectivity index (χ2v) is 2.92. The molecule has 0 aliphatic rings. The van der Waals surface area contributed by atoms with Gasteiger partial charge in [-0.25, -0.2) is 0 Å². The average molecular weight is 194 g/mol. The molecule has 0 aliphatic heterocycles. The highest BCUT2D eigenvalue weighted by Crippen LogP contribution is 2.25. The minimum atomic E-state index is -0.121. The number of hydrogen-bond acceptors (Lipinski definition) is 3.